The Kier molecular flexibility index (Phi) is 5.86. The van der Waals surface area contributed by atoms with Crippen LogP contribution in [-0.4, -0.2) is 35.3 Å². The number of ether oxygens (including phenoxy) is 2. The second-order valence-corrected chi connectivity index (χ2v) is 7.07. The van der Waals surface area contributed by atoms with Gasteiger partial charge in [-0.25, -0.2) is 4.98 Å². The molecule has 0 aliphatic rings. The fourth-order valence-corrected chi connectivity index (χ4v) is 3.56. The Morgan fingerprint density at radius 1 is 1.04 bits per heavy atom. The minimum absolute atomic E-state index is 0.00981. The Morgan fingerprint density at radius 2 is 1.81 bits per heavy atom. The zero-order valence-corrected chi connectivity index (χ0v) is 16.7. The van der Waals surface area contributed by atoms with E-state index in [4.69, 9.17) is 9.47 Å². The summed E-state index contributed by atoms with van der Waals surface area (Å²) >= 11 is 1.42. The van der Waals surface area contributed by atoms with Crippen LogP contribution in [0.1, 0.15) is 21.5 Å². The summed E-state index contributed by atoms with van der Waals surface area (Å²) in [6.45, 7) is 4.17. The number of carbonyl (C=O) groups excluding carboxylic acids is 1. The summed E-state index contributed by atoms with van der Waals surface area (Å²) in [5.74, 6) is 1.45. The van der Waals surface area contributed by atoms with E-state index in [-0.39, 0.29) is 11.5 Å². The molecule has 0 amide bonds. The Balaban J connectivity index is 1.75. The van der Waals surface area contributed by atoms with Crippen LogP contribution in [0, 0.1) is 13.8 Å². The van der Waals surface area contributed by atoms with Gasteiger partial charge in [-0.3, -0.25) is 9.36 Å². The number of hydrogen-bond acceptors (Lipinski definition) is 5. The first-order valence-corrected chi connectivity index (χ1v) is 9.51. The van der Waals surface area contributed by atoms with E-state index in [9.17, 15) is 4.79 Å². The maximum absolute atomic E-state index is 12.6. The van der Waals surface area contributed by atoms with Crippen LogP contribution in [0.5, 0.6) is 11.5 Å². The molecule has 5 nitrogen and oxygen atoms in total. The normalized spacial score (nSPS) is 10.7. The van der Waals surface area contributed by atoms with E-state index in [2.05, 4.69) is 37.0 Å². The molecule has 0 saturated heterocycles. The fraction of sp³-hybridized carbons (Fsp3) is 0.238. The molecule has 0 atom stereocenters. The van der Waals surface area contributed by atoms with Gasteiger partial charge in [0.1, 0.15) is 0 Å². The zero-order valence-electron chi connectivity index (χ0n) is 15.9. The van der Waals surface area contributed by atoms with Gasteiger partial charge in [0.2, 0.25) is 0 Å². The third-order valence-electron chi connectivity index (χ3n) is 4.41. The van der Waals surface area contributed by atoms with E-state index in [1.807, 2.05) is 10.8 Å². The van der Waals surface area contributed by atoms with Crippen LogP contribution < -0.4 is 9.47 Å². The number of aromatic nitrogens is 2. The summed E-state index contributed by atoms with van der Waals surface area (Å²) < 4.78 is 12.5. The molecular formula is C21H22N2O3S. The molecule has 0 unspecified atom stereocenters. The molecule has 1 aromatic heterocycles. The molecule has 0 fully saturated rings. The highest BCUT2D eigenvalue weighted by Crippen LogP contribution is 2.29. The summed E-state index contributed by atoms with van der Waals surface area (Å²) in [6, 6.07) is 11.5. The van der Waals surface area contributed by atoms with E-state index >= 15 is 0 Å². The van der Waals surface area contributed by atoms with Gasteiger partial charge in [-0.15, -0.1) is 0 Å². The highest BCUT2D eigenvalue weighted by atomic mass is 32.2. The molecule has 27 heavy (non-hydrogen) atoms. The monoisotopic (exact) mass is 382 g/mol. The molecule has 0 aliphatic carbocycles. The molecule has 2 aromatic carbocycles. The Morgan fingerprint density at radius 3 is 2.52 bits per heavy atom. The molecule has 0 saturated carbocycles. The fourth-order valence-electron chi connectivity index (χ4n) is 2.69. The first-order chi connectivity index (χ1) is 13.0. The van der Waals surface area contributed by atoms with Crippen LogP contribution in [0.3, 0.4) is 0 Å². The quantitative estimate of drug-likeness (QED) is 0.445. The number of thioether (sulfide) groups is 1. The Hall–Kier alpha value is -2.73. The predicted molar refractivity (Wildman–Crippen MR) is 108 cm³/mol. The van der Waals surface area contributed by atoms with E-state index in [1.54, 1.807) is 38.6 Å². The standard InChI is InChI=1S/C21H22N2O3S/c1-14-5-7-17(11-15(14)2)23-10-9-22-21(23)27-13-18(24)16-6-8-19(25-3)20(12-16)26-4/h5-12H,13H2,1-4H3. The van der Waals surface area contributed by atoms with E-state index in [0.29, 0.717) is 17.1 Å². The lowest BCUT2D eigenvalue weighted by molar-refractivity contribution is 0.102. The third kappa shape index (κ3) is 4.17. The average molecular weight is 382 g/mol. The number of imidazole rings is 1. The minimum atomic E-state index is 0.00981. The number of rotatable bonds is 7. The number of benzene rings is 2. The lowest BCUT2D eigenvalue weighted by Gasteiger charge is -2.10. The van der Waals surface area contributed by atoms with Crippen molar-refractivity contribution in [3.05, 3.63) is 65.5 Å². The molecule has 0 aliphatic heterocycles. The van der Waals surface area contributed by atoms with Crippen LogP contribution in [-0.2, 0) is 0 Å². The van der Waals surface area contributed by atoms with Gasteiger partial charge in [-0.2, -0.15) is 0 Å². The van der Waals surface area contributed by atoms with Crippen molar-refractivity contribution in [2.24, 2.45) is 0 Å². The van der Waals surface area contributed by atoms with Crippen LogP contribution >= 0.6 is 11.8 Å². The lowest BCUT2D eigenvalue weighted by atomic mass is 10.1. The van der Waals surface area contributed by atoms with Gasteiger partial charge in [-0.05, 0) is 55.3 Å². The summed E-state index contributed by atoms with van der Waals surface area (Å²) in [7, 11) is 3.13. The molecule has 0 bridgehead atoms. The molecule has 0 radical (unpaired) electrons. The van der Waals surface area contributed by atoms with E-state index in [0.717, 1.165) is 10.8 Å². The number of Topliss-reactive ketones (excluding diaryl/α,β-unsaturated/α-hetero) is 1. The molecule has 3 aromatic rings. The van der Waals surface area contributed by atoms with E-state index in [1.165, 1.54) is 22.9 Å². The van der Waals surface area contributed by atoms with Gasteiger partial charge >= 0.3 is 0 Å². The van der Waals surface area contributed by atoms with Crippen molar-refractivity contribution in [2.75, 3.05) is 20.0 Å². The summed E-state index contributed by atoms with van der Waals surface area (Å²) in [4.78, 5) is 17.0. The lowest BCUT2D eigenvalue weighted by Crippen LogP contribution is -2.05. The third-order valence-corrected chi connectivity index (χ3v) is 5.38. The molecule has 0 N–H and O–H groups in total. The second-order valence-electron chi connectivity index (χ2n) is 6.13. The molecular weight excluding hydrogens is 360 g/mol. The minimum Gasteiger partial charge on any atom is -0.493 e. The highest BCUT2D eigenvalue weighted by molar-refractivity contribution is 7.99. The van der Waals surface area contributed by atoms with Crippen molar-refractivity contribution in [3.63, 3.8) is 0 Å². The number of methoxy groups -OCH3 is 2. The van der Waals surface area contributed by atoms with Crippen LogP contribution in [0.2, 0.25) is 0 Å². The summed E-state index contributed by atoms with van der Waals surface area (Å²) in [5.41, 5.74) is 4.09. The SMILES string of the molecule is COc1ccc(C(=O)CSc2nccn2-c2ccc(C)c(C)c2)cc1OC. The number of carbonyl (C=O) groups is 1. The van der Waals surface area contributed by atoms with Crippen LogP contribution in [0.25, 0.3) is 5.69 Å². The van der Waals surface area contributed by atoms with Gasteiger partial charge in [0.05, 0.1) is 20.0 Å². The molecule has 3 rings (SSSR count). The Labute approximate surface area is 163 Å². The zero-order chi connectivity index (χ0) is 19.4. The highest BCUT2D eigenvalue weighted by Gasteiger charge is 2.14. The van der Waals surface area contributed by atoms with Gasteiger partial charge < -0.3 is 9.47 Å². The van der Waals surface area contributed by atoms with Crippen molar-refractivity contribution < 1.29 is 14.3 Å². The second kappa shape index (κ2) is 8.31. The van der Waals surface area contributed by atoms with Crippen molar-refractivity contribution in [1.82, 2.24) is 9.55 Å². The topological polar surface area (TPSA) is 53.3 Å². The number of aryl methyl sites for hydroxylation is 2. The predicted octanol–water partition coefficient (Wildman–Crippen LogP) is 4.48. The van der Waals surface area contributed by atoms with Gasteiger partial charge in [0, 0.05) is 23.6 Å². The van der Waals surface area contributed by atoms with Gasteiger partial charge in [0.15, 0.2) is 22.4 Å². The molecule has 140 valence electrons. The average Bonchev–Trinajstić information content (AvgIpc) is 3.16. The number of hydrogen-bond donors (Lipinski definition) is 0. The van der Waals surface area contributed by atoms with Crippen molar-refractivity contribution in [3.8, 4) is 17.2 Å². The first kappa shape index (κ1) is 19.0. The van der Waals surface area contributed by atoms with Crippen LogP contribution in [0.4, 0.5) is 0 Å². The van der Waals surface area contributed by atoms with Gasteiger partial charge in [-0.1, -0.05) is 17.8 Å². The number of nitrogens with zero attached hydrogens (tertiary/aromatic N) is 2. The Bertz CT molecular complexity index is 966. The maximum atomic E-state index is 12.6. The van der Waals surface area contributed by atoms with E-state index < -0.39 is 0 Å². The largest absolute Gasteiger partial charge is 0.493 e. The molecule has 6 heteroatoms. The molecule has 0 spiro atoms. The number of ketones is 1. The van der Waals surface area contributed by atoms with Crippen molar-refractivity contribution >= 4 is 17.5 Å². The summed E-state index contributed by atoms with van der Waals surface area (Å²) in [5, 5.41) is 0.784. The van der Waals surface area contributed by atoms with Crippen molar-refractivity contribution in [1.29, 1.82) is 0 Å². The summed E-state index contributed by atoms with van der Waals surface area (Å²) in [6.07, 6.45) is 3.66. The van der Waals surface area contributed by atoms with Crippen LogP contribution in [0.15, 0.2) is 53.9 Å². The first-order valence-electron chi connectivity index (χ1n) is 8.52. The smallest absolute Gasteiger partial charge is 0.173 e. The van der Waals surface area contributed by atoms with Gasteiger partial charge in [0.25, 0.3) is 0 Å². The molecule has 1 heterocycles. The maximum Gasteiger partial charge on any atom is 0.173 e. The van der Waals surface area contributed by atoms with Crippen molar-refractivity contribution in [2.45, 2.75) is 19.0 Å².